The van der Waals surface area contributed by atoms with Gasteiger partial charge < -0.3 is 15.5 Å². The number of rotatable bonds is 5. The average molecular weight is 435 g/mol. The average Bonchev–Trinajstić information content (AvgIpc) is 3.17. The molecular weight excluding hydrogens is 400 g/mol. The highest BCUT2D eigenvalue weighted by atomic mass is 16.2. The van der Waals surface area contributed by atoms with Crippen molar-refractivity contribution in [2.45, 2.75) is 45.6 Å². The van der Waals surface area contributed by atoms with Gasteiger partial charge in [-0.3, -0.25) is 14.5 Å². The van der Waals surface area contributed by atoms with E-state index in [0.29, 0.717) is 12.2 Å². The van der Waals surface area contributed by atoms with Crippen molar-refractivity contribution < 1.29 is 9.59 Å². The van der Waals surface area contributed by atoms with Crippen LogP contribution in [0.25, 0.3) is 0 Å². The predicted molar refractivity (Wildman–Crippen MR) is 129 cm³/mol. The molecule has 2 aliphatic rings. The number of piperidine rings is 1. The first-order valence-corrected chi connectivity index (χ1v) is 11.7. The van der Waals surface area contributed by atoms with Gasteiger partial charge in [0.05, 0.1) is 6.04 Å². The minimum Gasteiger partial charge on any atom is -0.374 e. The van der Waals surface area contributed by atoms with Crippen LogP contribution in [0.4, 0.5) is 11.4 Å². The Hall–Kier alpha value is -2.86. The summed E-state index contributed by atoms with van der Waals surface area (Å²) in [4.78, 5) is 29.9. The Morgan fingerprint density at radius 3 is 2.53 bits per heavy atom. The van der Waals surface area contributed by atoms with Crippen molar-refractivity contribution in [3.8, 4) is 0 Å². The molecule has 2 aromatic rings. The molecule has 0 bridgehead atoms. The van der Waals surface area contributed by atoms with Crippen molar-refractivity contribution in [2.75, 3.05) is 43.4 Å². The van der Waals surface area contributed by atoms with E-state index in [9.17, 15) is 9.59 Å². The summed E-state index contributed by atoms with van der Waals surface area (Å²) >= 11 is 0. The van der Waals surface area contributed by atoms with Gasteiger partial charge in [0.15, 0.2) is 0 Å². The van der Waals surface area contributed by atoms with E-state index in [4.69, 9.17) is 0 Å². The summed E-state index contributed by atoms with van der Waals surface area (Å²) in [6.45, 7) is 7.39. The summed E-state index contributed by atoms with van der Waals surface area (Å²) in [5.74, 6) is -1.21. The zero-order valence-electron chi connectivity index (χ0n) is 19.4. The summed E-state index contributed by atoms with van der Waals surface area (Å²) < 4.78 is 0. The fraction of sp³-hybridized carbons (Fsp3) is 0.462. The first-order chi connectivity index (χ1) is 15.4. The molecule has 1 saturated heterocycles. The van der Waals surface area contributed by atoms with Crippen LogP contribution in [0, 0.1) is 13.8 Å². The number of fused-ring (bicyclic) bond motifs is 1. The predicted octanol–water partition coefficient (Wildman–Crippen LogP) is 3.58. The quantitative estimate of drug-likeness (QED) is 0.706. The van der Waals surface area contributed by atoms with E-state index < -0.39 is 11.8 Å². The van der Waals surface area contributed by atoms with Crippen molar-refractivity contribution in [1.82, 2.24) is 10.2 Å². The molecule has 170 valence electrons. The molecule has 2 N–H and O–H groups in total. The molecule has 4 rings (SSSR count). The molecule has 1 fully saturated rings. The van der Waals surface area contributed by atoms with Crippen molar-refractivity contribution in [2.24, 2.45) is 0 Å². The second-order valence-electron chi connectivity index (χ2n) is 9.15. The number of nitrogens with one attached hydrogen (secondary N) is 2. The lowest BCUT2D eigenvalue weighted by molar-refractivity contribution is -0.136. The van der Waals surface area contributed by atoms with Crippen LogP contribution in [0.3, 0.4) is 0 Å². The van der Waals surface area contributed by atoms with E-state index in [0.717, 1.165) is 37.2 Å². The Balaban J connectivity index is 1.46. The molecule has 2 aromatic carbocycles. The number of likely N-dealkylation sites (tertiary alicyclic amines) is 1. The normalized spacial score (nSPS) is 17.0. The molecule has 2 aliphatic heterocycles. The van der Waals surface area contributed by atoms with E-state index >= 15 is 0 Å². The molecule has 0 spiro atoms. The van der Waals surface area contributed by atoms with Crippen molar-refractivity contribution >= 4 is 23.2 Å². The fourth-order valence-corrected chi connectivity index (χ4v) is 4.80. The second-order valence-corrected chi connectivity index (χ2v) is 9.15. The van der Waals surface area contributed by atoms with Crippen molar-refractivity contribution in [3.05, 3.63) is 58.7 Å². The largest absolute Gasteiger partial charge is 0.374 e. The lowest BCUT2D eigenvalue weighted by atomic mass is 9.98. The Morgan fingerprint density at radius 1 is 0.969 bits per heavy atom. The van der Waals surface area contributed by atoms with Crippen LogP contribution in [0.1, 0.15) is 47.6 Å². The monoisotopic (exact) mass is 434 g/mol. The second kappa shape index (κ2) is 9.74. The SMILES string of the molecule is Cc1ccc(C)c(NC(=O)C(=O)NCC(c2ccc3c(c2)CCN3C)N2CCCCC2)c1. The summed E-state index contributed by atoms with van der Waals surface area (Å²) in [5, 5.41) is 5.67. The standard InChI is InChI=1S/C26H34N4O2/c1-18-7-8-19(2)22(15-18)28-26(32)25(31)27-17-24(30-12-5-4-6-13-30)20-9-10-23-21(16-20)11-14-29(23)3/h7-10,15-16,24H,4-6,11-14,17H2,1-3H3,(H,27,31)(H,28,32). The van der Waals surface area contributed by atoms with Crippen molar-refractivity contribution in [1.29, 1.82) is 0 Å². The number of nitrogens with zero attached hydrogens (tertiary/aromatic N) is 2. The third-order valence-corrected chi connectivity index (χ3v) is 6.75. The number of hydrogen-bond acceptors (Lipinski definition) is 4. The van der Waals surface area contributed by atoms with E-state index in [1.54, 1.807) is 0 Å². The van der Waals surface area contributed by atoms with Gasteiger partial charge in [-0.05, 0) is 80.6 Å². The Bertz CT molecular complexity index is 997. The van der Waals surface area contributed by atoms with Crippen LogP contribution in [-0.2, 0) is 16.0 Å². The number of aryl methyl sites for hydroxylation is 2. The molecule has 1 atom stereocenters. The highest BCUT2D eigenvalue weighted by molar-refractivity contribution is 6.39. The van der Waals surface area contributed by atoms with E-state index in [1.165, 1.54) is 36.1 Å². The highest BCUT2D eigenvalue weighted by Gasteiger charge is 2.26. The van der Waals surface area contributed by atoms with Gasteiger partial charge in [-0.25, -0.2) is 0 Å². The van der Waals surface area contributed by atoms with Crippen LogP contribution in [0.5, 0.6) is 0 Å². The van der Waals surface area contributed by atoms with Crippen LogP contribution in [-0.4, -0.2) is 49.9 Å². The molecule has 32 heavy (non-hydrogen) atoms. The maximum Gasteiger partial charge on any atom is 0.313 e. The van der Waals surface area contributed by atoms with Gasteiger partial charge in [0.25, 0.3) is 0 Å². The molecular formula is C26H34N4O2. The molecule has 2 amide bonds. The number of carbonyl (C=O) groups excluding carboxylic acids is 2. The summed E-state index contributed by atoms with van der Waals surface area (Å²) in [6, 6.07) is 12.6. The topological polar surface area (TPSA) is 64.7 Å². The summed E-state index contributed by atoms with van der Waals surface area (Å²) in [7, 11) is 2.13. The van der Waals surface area contributed by atoms with Crippen LogP contribution in [0.15, 0.2) is 36.4 Å². The van der Waals surface area contributed by atoms with Crippen molar-refractivity contribution in [3.63, 3.8) is 0 Å². The van der Waals surface area contributed by atoms with Gasteiger partial charge >= 0.3 is 11.8 Å². The molecule has 6 nitrogen and oxygen atoms in total. The van der Waals surface area contributed by atoms with E-state index in [1.807, 2.05) is 32.0 Å². The van der Waals surface area contributed by atoms with Crippen LogP contribution in [0.2, 0.25) is 0 Å². The lowest BCUT2D eigenvalue weighted by Gasteiger charge is -2.35. The minimum atomic E-state index is -0.619. The Morgan fingerprint density at radius 2 is 1.75 bits per heavy atom. The number of amides is 2. The van der Waals surface area contributed by atoms with Gasteiger partial charge in [-0.1, -0.05) is 30.7 Å². The number of hydrogen-bond donors (Lipinski definition) is 2. The van der Waals surface area contributed by atoms with E-state index in [-0.39, 0.29) is 6.04 Å². The number of anilines is 2. The number of benzene rings is 2. The zero-order valence-corrected chi connectivity index (χ0v) is 19.4. The van der Waals surface area contributed by atoms with Crippen LogP contribution < -0.4 is 15.5 Å². The summed E-state index contributed by atoms with van der Waals surface area (Å²) in [5.41, 5.74) is 6.54. The molecule has 0 aromatic heterocycles. The zero-order chi connectivity index (χ0) is 22.7. The van der Waals surface area contributed by atoms with Gasteiger partial charge in [0.1, 0.15) is 0 Å². The Kier molecular flexibility index (Phi) is 6.80. The summed E-state index contributed by atoms with van der Waals surface area (Å²) in [6.07, 6.45) is 4.65. The minimum absolute atomic E-state index is 0.0731. The first-order valence-electron chi connectivity index (χ1n) is 11.7. The molecule has 2 heterocycles. The number of carbonyl (C=O) groups is 2. The fourth-order valence-electron chi connectivity index (χ4n) is 4.80. The van der Waals surface area contributed by atoms with Gasteiger partial charge in [0, 0.05) is 31.5 Å². The van der Waals surface area contributed by atoms with Crippen LogP contribution >= 0.6 is 0 Å². The number of likely N-dealkylation sites (N-methyl/N-ethyl adjacent to an activating group) is 1. The third-order valence-electron chi connectivity index (χ3n) is 6.75. The third kappa shape index (κ3) is 4.96. The molecule has 0 radical (unpaired) electrons. The Labute approximate surface area is 191 Å². The van der Waals surface area contributed by atoms with Gasteiger partial charge in [0.2, 0.25) is 0 Å². The molecule has 6 heteroatoms. The van der Waals surface area contributed by atoms with Gasteiger partial charge in [-0.15, -0.1) is 0 Å². The highest BCUT2D eigenvalue weighted by Crippen LogP contribution is 2.32. The molecule has 0 aliphatic carbocycles. The molecule has 1 unspecified atom stereocenters. The first kappa shape index (κ1) is 22.3. The maximum atomic E-state index is 12.6. The smallest absolute Gasteiger partial charge is 0.313 e. The van der Waals surface area contributed by atoms with Gasteiger partial charge in [-0.2, -0.15) is 0 Å². The molecule has 0 saturated carbocycles. The maximum absolute atomic E-state index is 12.6. The lowest BCUT2D eigenvalue weighted by Crippen LogP contribution is -2.43. The van der Waals surface area contributed by atoms with E-state index in [2.05, 4.69) is 45.7 Å².